The Bertz CT molecular complexity index is 755. The molecule has 1 saturated heterocycles. The van der Waals surface area contributed by atoms with Crippen LogP contribution in [0, 0.1) is 12.8 Å². The first-order valence-corrected chi connectivity index (χ1v) is 9.31. The molecule has 0 aliphatic carbocycles. The molecule has 1 fully saturated rings. The average molecular weight is 377 g/mol. The average Bonchev–Trinajstić information content (AvgIpc) is 2.60. The van der Waals surface area contributed by atoms with E-state index < -0.39 is 0 Å². The van der Waals surface area contributed by atoms with Crippen molar-refractivity contribution >= 4 is 34.8 Å². The first-order valence-electron chi connectivity index (χ1n) is 8.55. The normalized spacial score (nSPS) is 16.0. The van der Waals surface area contributed by atoms with E-state index in [2.05, 4.69) is 10.2 Å². The van der Waals surface area contributed by atoms with Crippen molar-refractivity contribution in [2.45, 2.75) is 26.3 Å². The largest absolute Gasteiger partial charge is 0.326 e. The molecule has 1 amide bonds. The van der Waals surface area contributed by atoms with E-state index >= 15 is 0 Å². The van der Waals surface area contributed by atoms with Crippen LogP contribution in [-0.2, 0) is 11.3 Å². The van der Waals surface area contributed by atoms with Crippen molar-refractivity contribution in [1.82, 2.24) is 4.90 Å². The summed E-state index contributed by atoms with van der Waals surface area (Å²) in [5.41, 5.74) is 3.07. The third-order valence-corrected chi connectivity index (χ3v) is 5.36. The summed E-state index contributed by atoms with van der Waals surface area (Å²) in [6.45, 7) is 4.59. The molecule has 0 radical (unpaired) electrons. The number of halogens is 2. The molecule has 132 valence electrons. The van der Waals surface area contributed by atoms with Crippen LogP contribution in [0.5, 0.6) is 0 Å². The quantitative estimate of drug-likeness (QED) is 0.799. The third kappa shape index (κ3) is 4.75. The number of nitrogens with one attached hydrogen (secondary N) is 1. The lowest BCUT2D eigenvalue weighted by Gasteiger charge is -2.31. The number of aryl methyl sites for hydroxylation is 1. The Balaban J connectivity index is 1.53. The Morgan fingerprint density at radius 1 is 1.16 bits per heavy atom. The van der Waals surface area contributed by atoms with Crippen molar-refractivity contribution in [2.24, 2.45) is 5.92 Å². The third-order valence-electron chi connectivity index (χ3n) is 4.77. The minimum absolute atomic E-state index is 0.0662. The number of para-hydroxylation sites is 1. The first kappa shape index (κ1) is 18.2. The summed E-state index contributed by atoms with van der Waals surface area (Å²) >= 11 is 12.2. The Morgan fingerprint density at radius 3 is 2.56 bits per heavy atom. The maximum Gasteiger partial charge on any atom is 0.227 e. The molecular weight excluding hydrogens is 355 g/mol. The van der Waals surface area contributed by atoms with Gasteiger partial charge in [0.15, 0.2) is 0 Å². The molecule has 0 atom stereocenters. The molecule has 1 heterocycles. The van der Waals surface area contributed by atoms with E-state index in [1.165, 1.54) is 0 Å². The molecule has 5 heteroatoms. The SMILES string of the molecule is Cc1ccccc1NC(=O)C1CCN(Cc2ccc(Cl)cc2Cl)CC1. The maximum absolute atomic E-state index is 12.5. The molecule has 0 bridgehead atoms. The summed E-state index contributed by atoms with van der Waals surface area (Å²) < 4.78 is 0. The number of anilines is 1. The number of carbonyl (C=O) groups is 1. The molecule has 0 spiro atoms. The number of carbonyl (C=O) groups excluding carboxylic acids is 1. The van der Waals surface area contributed by atoms with Crippen LogP contribution in [0.4, 0.5) is 5.69 Å². The predicted molar refractivity (Wildman–Crippen MR) is 104 cm³/mol. The molecule has 3 nitrogen and oxygen atoms in total. The Hall–Kier alpha value is -1.55. The number of piperidine rings is 1. The summed E-state index contributed by atoms with van der Waals surface area (Å²) in [4.78, 5) is 14.9. The highest BCUT2D eigenvalue weighted by molar-refractivity contribution is 6.35. The van der Waals surface area contributed by atoms with E-state index in [0.717, 1.165) is 49.3 Å². The molecule has 1 N–H and O–H groups in total. The second-order valence-electron chi connectivity index (χ2n) is 6.59. The number of amides is 1. The molecule has 0 unspecified atom stereocenters. The molecule has 0 aromatic heterocycles. The number of benzene rings is 2. The molecular formula is C20H22Cl2N2O. The van der Waals surface area contributed by atoms with Gasteiger partial charge >= 0.3 is 0 Å². The van der Waals surface area contributed by atoms with Crippen LogP contribution in [0.1, 0.15) is 24.0 Å². The highest BCUT2D eigenvalue weighted by Gasteiger charge is 2.25. The number of rotatable bonds is 4. The van der Waals surface area contributed by atoms with Crippen LogP contribution in [0.25, 0.3) is 0 Å². The topological polar surface area (TPSA) is 32.3 Å². The van der Waals surface area contributed by atoms with E-state index in [1.54, 1.807) is 6.07 Å². The van der Waals surface area contributed by atoms with Gasteiger partial charge in [0.1, 0.15) is 0 Å². The molecule has 3 rings (SSSR count). The first-order chi connectivity index (χ1) is 12.0. The van der Waals surface area contributed by atoms with Gasteiger partial charge in [-0.25, -0.2) is 0 Å². The van der Waals surface area contributed by atoms with Gasteiger partial charge in [0.05, 0.1) is 0 Å². The highest BCUT2D eigenvalue weighted by atomic mass is 35.5. The lowest BCUT2D eigenvalue weighted by atomic mass is 9.95. The molecule has 2 aromatic carbocycles. The summed E-state index contributed by atoms with van der Waals surface area (Å²) in [5, 5.41) is 4.42. The van der Waals surface area contributed by atoms with E-state index in [4.69, 9.17) is 23.2 Å². The fraction of sp³-hybridized carbons (Fsp3) is 0.350. The number of hydrogen-bond donors (Lipinski definition) is 1. The summed E-state index contributed by atoms with van der Waals surface area (Å²) in [7, 11) is 0. The van der Waals surface area contributed by atoms with Gasteiger partial charge in [-0.05, 0) is 62.2 Å². The maximum atomic E-state index is 12.5. The van der Waals surface area contributed by atoms with Gasteiger partial charge < -0.3 is 5.32 Å². The van der Waals surface area contributed by atoms with E-state index in [-0.39, 0.29) is 11.8 Å². The van der Waals surface area contributed by atoms with Gasteiger partial charge in [0.25, 0.3) is 0 Å². The Kier molecular flexibility index (Phi) is 6.00. The number of hydrogen-bond acceptors (Lipinski definition) is 2. The van der Waals surface area contributed by atoms with Crippen molar-refractivity contribution < 1.29 is 4.79 Å². The molecule has 25 heavy (non-hydrogen) atoms. The zero-order chi connectivity index (χ0) is 17.8. The standard InChI is InChI=1S/C20H22Cl2N2O/c1-14-4-2-3-5-19(14)23-20(25)15-8-10-24(11-9-15)13-16-6-7-17(21)12-18(16)22/h2-7,12,15H,8-11,13H2,1H3,(H,23,25). The van der Waals surface area contributed by atoms with Gasteiger partial charge in [-0.3, -0.25) is 9.69 Å². The summed E-state index contributed by atoms with van der Waals surface area (Å²) in [5.74, 6) is 0.190. The summed E-state index contributed by atoms with van der Waals surface area (Å²) in [6.07, 6.45) is 1.73. The molecule has 0 saturated carbocycles. The fourth-order valence-corrected chi connectivity index (χ4v) is 3.66. The van der Waals surface area contributed by atoms with Crippen molar-refractivity contribution in [1.29, 1.82) is 0 Å². The van der Waals surface area contributed by atoms with Crippen LogP contribution >= 0.6 is 23.2 Å². The molecule has 1 aliphatic heterocycles. The monoisotopic (exact) mass is 376 g/mol. The van der Waals surface area contributed by atoms with E-state index in [0.29, 0.717) is 10.0 Å². The van der Waals surface area contributed by atoms with Gasteiger partial charge in [0, 0.05) is 28.2 Å². The van der Waals surface area contributed by atoms with Crippen molar-refractivity contribution in [3.05, 3.63) is 63.6 Å². The second-order valence-corrected chi connectivity index (χ2v) is 7.43. The number of likely N-dealkylation sites (tertiary alicyclic amines) is 1. The van der Waals surface area contributed by atoms with E-state index in [9.17, 15) is 4.79 Å². The van der Waals surface area contributed by atoms with Crippen LogP contribution in [0.3, 0.4) is 0 Å². The molecule has 1 aliphatic rings. The van der Waals surface area contributed by atoms with Gasteiger partial charge in [-0.2, -0.15) is 0 Å². The zero-order valence-corrected chi connectivity index (χ0v) is 15.8. The summed E-state index contributed by atoms with van der Waals surface area (Å²) in [6, 6.07) is 13.5. The van der Waals surface area contributed by atoms with Crippen LogP contribution in [0.2, 0.25) is 10.0 Å². The predicted octanol–water partition coefficient (Wildman–Crippen LogP) is 5.15. The van der Waals surface area contributed by atoms with Gasteiger partial charge in [-0.15, -0.1) is 0 Å². The molecule has 2 aromatic rings. The Morgan fingerprint density at radius 2 is 1.88 bits per heavy atom. The van der Waals surface area contributed by atoms with Gasteiger partial charge in [0.2, 0.25) is 5.91 Å². The minimum atomic E-state index is 0.0662. The fourth-order valence-electron chi connectivity index (χ4n) is 3.19. The van der Waals surface area contributed by atoms with E-state index in [1.807, 2.05) is 43.3 Å². The van der Waals surface area contributed by atoms with Crippen LogP contribution in [-0.4, -0.2) is 23.9 Å². The Labute approximate surface area is 158 Å². The lowest BCUT2D eigenvalue weighted by molar-refractivity contribution is -0.121. The zero-order valence-electron chi connectivity index (χ0n) is 14.3. The van der Waals surface area contributed by atoms with Crippen molar-refractivity contribution in [2.75, 3.05) is 18.4 Å². The minimum Gasteiger partial charge on any atom is -0.326 e. The van der Waals surface area contributed by atoms with Crippen LogP contribution in [0.15, 0.2) is 42.5 Å². The van der Waals surface area contributed by atoms with Crippen molar-refractivity contribution in [3.63, 3.8) is 0 Å². The van der Waals surface area contributed by atoms with Crippen molar-refractivity contribution in [3.8, 4) is 0 Å². The number of nitrogens with zero attached hydrogens (tertiary/aromatic N) is 1. The highest BCUT2D eigenvalue weighted by Crippen LogP contribution is 2.25. The van der Waals surface area contributed by atoms with Crippen LogP contribution < -0.4 is 5.32 Å². The van der Waals surface area contributed by atoms with Gasteiger partial charge in [-0.1, -0.05) is 47.5 Å². The lowest BCUT2D eigenvalue weighted by Crippen LogP contribution is -2.37. The smallest absolute Gasteiger partial charge is 0.227 e. The second kappa shape index (κ2) is 8.22.